The van der Waals surface area contributed by atoms with Crippen LogP contribution in [-0.4, -0.2) is 43.1 Å². The van der Waals surface area contributed by atoms with Crippen molar-refractivity contribution < 1.29 is 14.6 Å². The molecule has 1 aromatic rings. The molecular weight excluding hydrogens is 220 g/mol. The number of ether oxygens (including phenoxy) is 2. The summed E-state index contributed by atoms with van der Waals surface area (Å²) < 4.78 is 9.97. The lowest BCUT2D eigenvalue weighted by Crippen LogP contribution is -2.34. The van der Waals surface area contributed by atoms with Crippen molar-refractivity contribution in [3.05, 3.63) is 18.3 Å². The van der Waals surface area contributed by atoms with Gasteiger partial charge in [0.25, 0.3) is 0 Å². The van der Waals surface area contributed by atoms with Crippen molar-refractivity contribution in [1.29, 1.82) is 0 Å². The van der Waals surface area contributed by atoms with Gasteiger partial charge >= 0.3 is 0 Å². The van der Waals surface area contributed by atoms with E-state index in [1.807, 2.05) is 6.07 Å². The molecule has 5 nitrogen and oxygen atoms in total. The van der Waals surface area contributed by atoms with E-state index in [-0.39, 0.29) is 0 Å². The molecule has 17 heavy (non-hydrogen) atoms. The molecule has 0 aliphatic heterocycles. The van der Waals surface area contributed by atoms with E-state index < -0.39 is 5.60 Å². The van der Waals surface area contributed by atoms with E-state index in [1.165, 1.54) is 0 Å². The van der Waals surface area contributed by atoms with Crippen LogP contribution in [0.4, 0.5) is 5.69 Å². The molecule has 0 saturated carbocycles. The molecule has 1 atom stereocenters. The van der Waals surface area contributed by atoms with Gasteiger partial charge in [0.2, 0.25) is 5.88 Å². The molecule has 1 rings (SSSR count). The fourth-order valence-electron chi connectivity index (χ4n) is 1.33. The first-order valence-electron chi connectivity index (χ1n) is 5.52. The summed E-state index contributed by atoms with van der Waals surface area (Å²) in [5.74, 6) is 0.548. The van der Waals surface area contributed by atoms with Gasteiger partial charge in [0.15, 0.2) is 0 Å². The molecule has 0 amide bonds. The van der Waals surface area contributed by atoms with Crippen LogP contribution < -0.4 is 10.1 Å². The Morgan fingerprint density at radius 3 is 2.88 bits per heavy atom. The minimum atomic E-state index is -0.799. The summed E-state index contributed by atoms with van der Waals surface area (Å²) in [6.45, 7) is 2.76. The van der Waals surface area contributed by atoms with E-state index in [0.717, 1.165) is 5.69 Å². The van der Waals surface area contributed by atoms with E-state index >= 15 is 0 Å². The molecule has 0 aromatic carbocycles. The Balaban J connectivity index is 2.48. The lowest BCUT2D eigenvalue weighted by molar-refractivity contribution is 0.0357. The fraction of sp³-hybridized carbons (Fsp3) is 0.583. The predicted octanol–water partition coefficient (Wildman–Crippen LogP) is 1.29. The number of pyridine rings is 1. The number of anilines is 1. The summed E-state index contributed by atoms with van der Waals surface area (Å²) >= 11 is 0. The molecule has 2 N–H and O–H groups in total. The number of hydrogen-bond acceptors (Lipinski definition) is 5. The van der Waals surface area contributed by atoms with Crippen molar-refractivity contribution in [1.82, 2.24) is 4.98 Å². The third kappa shape index (κ3) is 5.01. The van der Waals surface area contributed by atoms with E-state index in [9.17, 15) is 5.11 Å². The van der Waals surface area contributed by atoms with Gasteiger partial charge in [-0.25, -0.2) is 4.98 Å². The van der Waals surface area contributed by atoms with Crippen LogP contribution in [0.25, 0.3) is 0 Å². The third-order valence-corrected chi connectivity index (χ3v) is 2.46. The summed E-state index contributed by atoms with van der Waals surface area (Å²) in [6, 6.07) is 3.61. The fourth-order valence-corrected chi connectivity index (χ4v) is 1.33. The Kier molecular flexibility index (Phi) is 5.18. The summed E-state index contributed by atoms with van der Waals surface area (Å²) in [7, 11) is 3.19. The van der Waals surface area contributed by atoms with E-state index in [1.54, 1.807) is 33.4 Å². The van der Waals surface area contributed by atoms with E-state index in [4.69, 9.17) is 9.47 Å². The van der Waals surface area contributed by atoms with Crippen molar-refractivity contribution in [2.75, 3.05) is 32.7 Å². The van der Waals surface area contributed by atoms with Gasteiger partial charge in [0, 0.05) is 44.6 Å². The monoisotopic (exact) mass is 240 g/mol. The van der Waals surface area contributed by atoms with Gasteiger partial charge < -0.3 is 19.9 Å². The Morgan fingerprint density at radius 2 is 2.24 bits per heavy atom. The zero-order valence-corrected chi connectivity index (χ0v) is 10.6. The summed E-state index contributed by atoms with van der Waals surface area (Å²) in [5, 5.41) is 13.2. The average Bonchev–Trinajstić information content (AvgIpc) is 2.34. The first-order chi connectivity index (χ1) is 8.07. The summed E-state index contributed by atoms with van der Waals surface area (Å²) in [6.07, 6.45) is 2.24. The molecule has 0 aliphatic rings. The van der Waals surface area contributed by atoms with Crippen LogP contribution in [0.3, 0.4) is 0 Å². The molecule has 0 radical (unpaired) electrons. The highest BCUT2D eigenvalue weighted by Crippen LogP contribution is 2.16. The van der Waals surface area contributed by atoms with Crippen LogP contribution in [0.1, 0.15) is 13.3 Å². The van der Waals surface area contributed by atoms with Gasteiger partial charge in [-0.3, -0.25) is 0 Å². The van der Waals surface area contributed by atoms with Gasteiger partial charge in [-0.15, -0.1) is 0 Å². The zero-order valence-electron chi connectivity index (χ0n) is 10.6. The highest BCUT2D eigenvalue weighted by Gasteiger charge is 2.19. The van der Waals surface area contributed by atoms with E-state index in [2.05, 4.69) is 10.3 Å². The number of methoxy groups -OCH3 is 2. The molecule has 1 aromatic heterocycles. The van der Waals surface area contributed by atoms with Gasteiger partial charge in [-0.1, -0.05) is 0 Å². The van der Waals surface area contributed by atoms with Crippen molar-refractivity contribution in [3.8, 4) is 5.88 Å². The number of aromatic nitrogens is 1. The SMILES string of the molecule is COCCC(C)(O)CNc1ccnc(OC)c1. The standard InChI is InChI=1S/C12H20N2O3/c1-12(15,5-7-16-2)9-14-10-4-6-13-11(8-10)17-3/h4,6,8,15H,5,7,9H2,1-3H3,(H,13,14). The van der Waals surface area contributed by atoms with Crippen LogP contribution >= 0.6 is 0 Å². The molecule has 0 bridgehead atoms. The number of hydrogen-bond donors (Lipinski definition) is 2. The van der Waals surface area contributed by atoms with E-state index in [0.29, 0.717) is 25.5 Å². The average molecular weight is 240 g/mol. The van der Waals surface area contributed by atoms with Crippen LogP contribution in [0.2, 0.25) is 0 Å². The summed E-state index contributed by atoms with van der Waals surface area (Å²) in [4.78, 5) is 4.01. The molecule has 96 valence electrons. The van der Waals surface area contributed by atoms with Crippen molar-refractivity contribution in [2.45, 2.75) is 18.9 Å². The topological polar surface area (TPSA) is 63.6 Å². The quantitative estimate of drug-likeness (QED) is 0.752. The van der Waals surface area contributed by atoms with Crippen molar-refractivity contribution in [2.24, 2.45) is 0 Å². The first kappa shape index (κ1) is 13.7. The Hall–Kier alpha value is -1.33. The van der Waals surface area contributed by atoms with Crippen molar-refractivity contribution >= 4 is 5.69 Å². The lowest BCUT2D eigenvalue weighted by atomic mass is 10.0. The zero-order chi connectivity index (χ0) is 12.7. The maximum Gasteiger partial charge on any atom is 0.214 e. The number of aliphatic hydroxyl groups is 1. The first-order valence-corrected chi connectivity index (χ1v) is 5.52. The largest absolute Gasteiger partial charge is 0.481 e. The highest BCUT2D eigenvalue weighted by atomic mass is 16.5. The van der Waals surface area contributed by atoms with Gasteiger partial charge in [0.05, 0.1) is 12.7 Å². The maximum atomic E-state index is 10.0. The van der Waals surface area contributed by atoms with Gasteiger partial charge in [-0.2, -0.15) is 0 Å². The van der Waals surface area contributed by atoms with Crippen LogP contribution in [0, 0.1) is 0 Å². The van der Waals surface area contributed by atoms with Gasteiger partial charge in [-0.05, 0) is 13.0 Å². The number of nitrogens with zero attached hydrogens (tertiary/aromatic N) is 1. The van der Waals surface area contributed by atoms with Crippen molar-refractivity contribution in [3.63, 3.8) is 0 Å². The Labute approximate surface area is 102 Å². The predicted molar refractivity (Wildman–Crippen MR) is 66.4 cm³/mol. The molecule has 1 unspecified atom stereocenters. The Bertz CT molecular complexity index is 342. The third-order valence-electron chi connectivity index (χ3n) is 2.46. The second-order valence-corrected chi connectivity index (χ2v) is 4.18. The minimum Gasteiger partial charge on any atom is -0.481 e. The molecule has 0 spiro atoms. The summed E-state index contributed by atoms with van der Waals surface area (Å²) in [5.41, 5.74) is 0.0709. The number of rotatable bonds is 7. The molecule has 1 heterocycles. The second kappa shape index (κ2) is 6.42. The molecule has 0 fully saturated rings. The van der Waals surface area contributed by atoms with Crippen LogP contribution in [-0.2, 0) is 4.74 Å². The lowest BCUT2D eigenvalue weighted by Gasteiger charge is -2.23. The smallest absolute Gasteiger partial charge is 0.214 e. The van der Waals surface area contributed by atoms with Crippen LogP contribution in [0.5, 0.6) is 5.88 Å². The highest BCUT2D eigenvalue weighted by molar-refractivity contribution is 5.45. The maximum absolute atomic E-state index is 10.0. The number of nitrogens with one attached hydrogen (secondary N) is 1. The molecular formula is C12H20N2O3. The Morgan fingerprint density at radius 1 is 1.47 bits per heavy atom. The molecule has 5 heteroatoms. The minimum absolute atomic E-state index is 0.448. The molecule has 0 saturated heterocycles. The van der Waals surface area contributed by atoms with Gasteiger partial charge in [0.1, 0.15) is 0 Å². The van der Waals surface area contributed by atoms with Crippen LogP contribution in [0.15, 0.2) is 18.3 Å². The molecule has 0 aliphatic carbocycles. The normalized spacial score (nSPS) is 14.1. The second-order valence-electron chi connectivity index (χ2n) is 4.18.